The van der Waals surface area contributed by atoms with E-state index in [0.717, 1.165) is 17.8 Å². The average molecular weight is 184 g/mol. The molecule has 0 aromatic heterocycles. The van der Waals surface area contributed by atoms with E-state index in [1.807, 2.05) is 6.92 Å². The fraction of sp³-hybridized carbons (Fsp3) is 1.00. The van der Waals surface area contributed by atoms with Gasteiger partial charge in [0.25, 0.3) is 0 Å². The second-order valence-electron chi connectivity index (χ2n) is 5.23. The Morgan fingerprint density at radius 1 is 1.08 bits per heavy atom. The van der Waals surface area contributed by atoms with Crippen molar-refractivity contribution in [3.05, 3.63) is 0 Å². The van der Waals surface area contributed by atoms with Gasteiger partial charge in [-0.15, -0.1) is 0 Å². The van der Waals surface area contributed by atoms with Gasteiger partial charge in [0.1, 0.15) is 0 Å². The lowest BCUT2D eigenvalue weighted by Crippen LogP contribution is -2.34. The van der Waals surface area contributed by atoms with Gasteiger partial charge < -0.3 is 5.11 Å². The fourth-order valence-electron chi connectivity index (χ4n) is 2.83. The van der Waals surface area contributed by atoms with Crippen molar-refractivity contribution in [3.63, 3.8) is 0 Å². The molecule has 0 unspecified atom stereocenters. The third-order valence-corrected chi connectivity index (χ3v) is 3.69. The Kier molecular flexibility index (Phi) is 3.78. The molecule has 1 aliphatic rings. The van der Waals surface area contributed by atoms with E-state index in [0.29, 0.717) is 5.92 Å². The number of hydrogen-bond donors (Lipinski definition) is 1. The molecule has 13 heavy (non-hydrogen) atoms. The van der Waals surface area contributed by atoms with E-state index in [1.165, 1.54) is 19.3 Å². The Morgan fingerprint density at radius 3 is 2.15 bits per heavy atom. The molecule has 0 radical (unpaired) electrons. The third-order valence-electron chi connectivity index (χ3n) is 3.69. The summed E-state index contributed by atoms with van der Waals surface area (Å²) >= 11 is 0. The first kappa shape index (κ1) is 11.0. The highest BCUT2D eigenvalue weighted by molar-refractivity contribution is 4.83. The summed E-state index contributed by atoms with van der Waals surface area (Å²) in [5, 5.41) is 9.71. The van der Waals surface area contributed by atoms with Crippen molar-refractivity contribution >= 4 is 0 Å². The van der Waals surface area contributed by atoms with Crippen LogP contribution < -0.4 is 0 Å². The molecule has 0 aromatic carbocycles. The zero-order valence-electron chi connectivity index (χ0n) is 9.46. The number of aliphatic hydroxyl groups excluding tert-OH is 1. The van der Waals surface area contributed by atoms with Crippen LogP contribution in [0, 0.1) is 23.7 Å². The second-order valence-corrected chi connectivity index (χ2v) is 5.23. The summed E-state index contributed by atoms with van der Waals surface area (Å²) in [7, 11) is 0. The maximum absolute atomic E-state index is 9.71. The molecule has 0 heterocycles. The van der Waals surface area contributed by atoms with E-state index >= 15 is 0 Å². The molecule has 1 nitrogen and oxygen atoms in total. The van der Waals surface area contributed by atoms with Crippen LogP contribution in [0.15, 0.2) is 0 Å². The zero-order chi connectivity index (χ0) is 10.0. The van der Waals surface area contributed by atoms with Crippen LogP contribution in [0.25, 0.3) is 0 Å². The van der Waals surface area contributed by atoms with Gasteiger partial charge in [0.05, 0.1) is 6.10 Å². The predicted octanol–water partition coefficient (Wildman–Crippen LogP) is 3.08. The third kappa shape index (κ3) is 2.70. The van der Waals surface area contributed by atoms with Crippen LogP contribution in [0.2, 0.25) is 0 Å². The van der Waals surface area contributed by atoms with Crippen molar-refractivity contribution in [1.82, 2.24) is 0 Å². The van der Waals surface area contributed by atoms with Crippen molar-refractivity contribution in [2.24, 2.45) is 23.7 Å². The first-order chi connectivity index (χ1) is 6.02. The van der Waals surface area contributed by atoms with Gasteiger partial charge in [-0.05, 0) is 43.4 Å². The van der Waals surface area contributed by atoms with Crippen LogP contribution in [0.1, 0.15) is 47.0 Å². The van der Waals surface area contributed by atoms with Crippen molar-refractivity contribution < 1.29 is 5.11 Å². The molecule has 1 N–H and O–H groups in total. The smallest absolute Gasteiger partial charge is 0.0543 e. The highest BCUT2D eigenvalue weighted by atomic mass is 16.3. The average Bonchev–Trinajstić information content (AvgIpc) is 2.03. The van der Waals surface area contributed by atoms with Gasteiger partial charge >= 0.3 is 0 Å². The largest absolute Gasteiger partial charge is 0.393 e. The molecule has 1 saturated carbocycles. The highest BCUT2D eigenvalue weighted by Gasteiger charge is 2.33. The Hall–Kier alpha value is -0.0400. The van der Waals surface area contributed by atoms with Crippen molar-refractivity contribution in [1.29, 1.82) is 0 Å². The minimum Gasteiger partial charge on any atom is -0.393 e. The maximum Gasteiger partial charge on any atom is 0.0543 e. The molecule has 0 amide bonds. The van der Waals surface area contributed by atoms with Crippen molar-refractivity contribution in [2.75, 3.05) is 0 Å². The van der Waals surface area contributed by atoms with Crippen molar-refractivity contribution in [2.45, 2.75) is 53.1 Å². The van der Waals surface area contributed by atoms with Crippen LogP contribution in [-0.2, 0) is 0 Å². The molecular weight excluding hydrogens is 160 g/mol. The summed E-state index contributed by atoms with van der Waals surface area (Å²) in [5.41, 5.74) is 0. The van der Waals surface area contributed by atoms with E-state index in [2.05, 4.69) is 20.8 Å². The SMILES string of the molecule is CC(C)[C@H]1CC[C@H](C)C[C@@H]1[C@@H](C)O. The van der Waals surface area contributed by atoms with Gasteiger partial charge in [-0.3, -0.25) is 0 Å². The highest BCUT2D eigenvalue weighted by Crippen LogP contribution is 2.39. The van der Waals surface area contributed by atoms with Crippen LogP contribution in [-0.4, -0.2) is 11.2 Å². The number of rotatable bonds is 2. The zero-order valence-corrected chi connectivity index (χ0v) is 9.46. The second kappa shape index (κ2) is 4.45. The van der Waals surface area contributed by atoms with Crippen LogP contribution >= 0.6 is 0 Å². The molecule has 0 aromatic rings. The minimum atomic E-state index is -0.116. The standard InChI is InChI=1S/C12H24O/c1-8(2)11-6-5-9(3)7-12(11)10(4)13/h8-13H,5-7H2,1-4H3/t9-,10+,11+,12+/m0/s1. The Labute approximate surface area is 82.5 Å². The Bertz CT molecular complexity index is 151. The summed E-state index contributed by atoms with van der Waals surface area (Å²) < 4.78 is 0. The summed E-state index contributed by atoms with van der Waals surface area (Å²) in [6, 6.07) is 0. The number of hydrogen-bond acceptors (Lipinski definition) is 1. The van der Waals surface area contributed by atoms with Gasteiger partial charge in [0.2, 0.25) is 0 Å². The van der Waals surface area contributed by atoms with Crippen LogP contribution in [0.3, 0.4) is 0 Å². The van der Waals surface area contributed by atoms with E-state index in [-0.39, 0.29) is 6.10 Å². The molecule has 0 aliphatic heterocycles. The molecule has 1 rings (SSSR count). The monoisotopic (exact) mass is 184 g/mol. The normalized spacial score (nSPS) is 37.8. The van der Waals surface area contributed by atoms with Gasteiger partial charge in [-0.25, -0.2) is 0 Å². The molecule has 0 bridgehead atoms. The Balaban J connectivity index is 2.60. The summed E-state index contributed by atoms with van der Waals surface area (Å²) in [5.74, 6) is 2.83. The molecule has 1 aliphatic carbocycles. The van der Waals surface area contributed by atoms with E-state index in [4.69, 9.17) is 0 Å². The first-order valence-electron chi connectivity index (χ1n) is 5.70. The molecule has 1 heteroatoms. The number of aliphatic hydroxyl groups is 1. The first-order valence-corrected chi connectivity index (χ1v) is 5.70. The molecule has 0 spiro atoms. The van der Waals surface area contributed by atoms with Gasteiger partial charge in [0.15, 0.2) is 0 Å². The maximum atomic E-state index is 9.71. The lowest BCUT2D eigenvalue weighted by atomic mass is 9.68. The van der Waals surface area contributed by atoms with Crippen LogP contribution in [0.4, 0.5) is 0 Å². The molecular formula is C12H24O. The predicted molar refractivity (Wildman–Crippen MR) is 56.5 cm³/mol. The molecule has 78 valence electrons. The van der Waals surface area contributed by atoms with E-state index in [1.54, 1.807) is 0 Å². The van der Waals surface area contributed by atoms with Crippen molar-refractivity contribution in [3.8, 4) is 0 Å². The molecule has 1 fully saturated rings. The lowest BCUT2D eigenvalue weighted by Gasteiger charge is -2.39. The summed E-state index contributed by atoms with van der Waals surface area (Å²) in [6.45, 7) is 8.84. The van der Waals surface area contributed by atoms with Gasteiger partial charge in [0, 0.05) is 0 Å². The minimum absolute atomic E-state index is 0.116. The summed E-state index contributed by atoms with van der Waals surface area (Å²) in [6.07, 6.45) is 3.77. The molecule has 0 saturated heterocycles. The van der Waals surface area contributed by atoms with Gasteiger partial charge in [-0.1, -0.05) is 27.2 Å². The van der Waals surface area contributed by atoms with Crippen LogP contribution in [0.5, 0.6) is 0 Å². The molecule has 4 atom stereocenters. The van der Waals surface area contributed by atoms with Gasteiger partial charge in [-0.2, -0.15) is 0 Å². The van der Waals surface area contributed by atoms with E-state index in [9.17, 15) is 5.11 Å². The lowest BCUT2D eigenvalue weighted by molar-refractivity contribution is 0.0268. The summed E-state index contributed by atoms with van der Waals surface area (Å²) in [4.78, 5) is 0. The quantitative estimate of drug-likeness (QED) is 0.699. The fourth-order valence-corrected chi connectivity index (χ4v) is 2.83. The Morgan fingerprint density at radius 2 is 1.69 bits per heavy atom. The van der Waals surface area contributed by atoms with E-state index < -0.39 is 0 Å². The topological polar surface area (TPSA) is 20.2 Å².